The quantitative estimate of drug-likeness (QED) is 0.828. The number of aliphatic imine (C=N–C) groups is 1. The highest BCUT2D eigenvalue weighted by molar-refractivity contribution is 5.74. The van der Waals surface area contributed by atoms with Crippen molar-refractivity contribution >= 4 is 23.8 Å². The summed E-state index contributed by atoms with van der Waals surface area (Å²) in [5.74, 6) is 1.33. The van der Waals surface area contributed by atoms with E-state index in [2.05, 4.69) is 17.0 Å². The molecule has 0 spiro atoms. The Morgan fingerprint density at radius 2 is 1.68 bits per heavy atom. The first kappa shape index (κ1) is 13.0. The molecule has 0 aliphatic rings. The maximum atomic E-state index is 5.35. The van der Waals surface area contributed by atoms with Gasteiger partial charge in [0.25, 0.3) is 0 Å². The highest BCUT2D eigenvalue weighted by Gasteiger charge is 2.10. The molecule has 0 saturated heterocycles. The minimum absolute atomic E-state index is 0.647. The molecule has 0 aliphatic heterocycles. The Bertz CT molecular complexity index is 568. The molecule has 2 aromatic carbocycles. The summed E-state index contributed by atoms with van der Waals surface area (Å²) in [6.45, 7) is 3.52. The van der Waals surface area contributed by atoms with E-state index in [0.29, 0.717) is 17.2 Å². The van der Waals surface area contributed by atoms with Crippen LogP contribution in [0.25, 0.3) is 0 Å². The second-order valence-corrected chi connectivity index (χ2v) is 3.87. The van der Waals surface area contributed by atoms with E-state index < -0.39 is 0 Å². The fourth-order valence-corrected chi connectivity index (χ4v) is 1.78. The molecule has 4 heteroatoms. The van der Waals surface area contributed by atoms with Gasteiger partial charge < -0.3 is 14.8 Å². The zero-order valence-corrected chi connectivity index (χ0v) is 11.0. The van der Waals surface area contributed by atoms with Crippen molar-refractivity contribution in [3.8, 4) is 11.5 Å². The van der Waals surface area contributed by atoms with Gasteiger partial charge >= 0.3 is 0 Å². The molecule has 0 amide bonds. The number of nitrogens with one attached hydrogen (secondary N) is 1. The Balaban J connectivity index is 2.41. The molecule has 98 valence electrons. The monoisotopic (exact) mass is 256 g/mol. The molecule has 4 nitrogen and oxygen atoms in total. The van der Waals surface area contributed by atoms with Crippen molar-refractivity contribution in [3.63, 3.8) is 0 Å². The minimum atomic E-state index is 0.647. The summed E-state index contributed by atoms with van der Waals surface area (Å²) in [6.07, 6.45) is 0. The Labute approximate surface area is 112 Å². The van der Waals surface area contributed by atoms with Gasteiger partial charge in [-0.15, -0.1) is 0 Å². The molecule has 0 aromatic heterocycles. The molecule has 0 aliphatic carbocycles. The number of anilines is 2. The summed E-state index contributed by atoms with van der Waals surface area (Å²) in [5, 5.41) is 3.28. The van der Waals surface area contributed by atoms with Crippen LogP contribution >= 0.6 is 0 Å². The highest BCUT2D eigenvalue weighted by Crippen LogP contribution is 2.38. The first-order valence-electron chi connectivity index (χ1n) is 5.83. The number of para-hydroxylation sites is 1. The zero-order chi connectivity index (χ0) is 13.7. The van der Waals surface area contributed by atoms with Gasteiger partial charge in [-0.25, -0.2) is 0 Å². The van der Waals surface area contributed by atoms with Crippen molar-refractivity contribution in [3.05, 3.63) is 42.5 Å². The number of benzene rings is 2. The molecule has 1 N–H and O–H groups in total. The van der Waals surface area contributed by atoms with Gasteiger partial charge in [0.1, 0.15) is 17.2 Å². The molecule has 0 radical (unpaired) electrons. The molecule has 0 saturated carbocycles. The van der Waals surface area contributed by atoms with Crippen molar-refractivity contribution in [1.29, 1.82) is 0 Å². The maximum Gasteiger partial charge on any atom is 0.146 e. The second-order valence-electron chi connectivity index (χ2n) is 3.87. The van der Waals surface area contributed by atoms with Gasteiger partial charge in [-0.2, -0.15) is 0 Å². The van der Waals surface area contributed by atoms with Gasteiger partial charge in [-0.1, -0.05) is 18.2 Å². The predicted octanol–water partition coefficient (Wildman–Crippen LogP) is 3.78. The zero-order valence-electron chi connectivity index (χ0n) is 11.0. The van der Waals surface area contributed by atoms with Crippen LogP contribution in [0.15, 0.2) is 47.5 Å². The molecular formula is C15H16N2O2. The van der Waals surface area contributed by atoms with Gasteiger partial charge in [0, 0.05) is 17.8 Å². The summed E-state index contributed by atoms with van der Waals surface area (Å²) in [5.41, 5.74) is 2.44. The lowest BCUT2D eigenvalue weighted by atomic mass is 10.2. The second kappa shape index (κ2) is 5.91. The van der Waals surface area contributed by atoms with Crippen LogP contribution < -0.4 is 14.8 Å². The van der Waals surface area contributed by atoms with Crippen LogP contribution in [0.4, 0.5) is 17.1 Å². The number of nitrogens with zero attached hydrogens (tertiary/aromatic N) is 1. The van der Waals surface area contributed by atoms with Crippen molar-refractivity contribution < 1.29 is 9.47 Å². The fourth-order valence-electron chi connectivity index (χ4n) is 1.78. The molecule has 0 unspecified atom stereocenters. The van der Waals surface area contributed by atoms with E-state index in [1.165, 1.54) is 0 Å². The lowest BCUT2D eigenvalue weighted by molar-refractivity contribution is 0.406. The first-order chi connectivity index (χ1) is 9.28. The fraction of sp³-hybridized carbons (Fsp3) is 0.133. The van der Waals surface area contributed by atoms with Gasteiger partial charge in [-0.05, 0) is 18.9 Å². The predicted molar refractivity (Wildman–Crippen MR) is 78.5 cm³/mol. The molecule has 2 aromatic rings. The average Bonchev–Trinajstić information content (AvgIpc) is 2.47. The maximum absolute atomic E-state index is 5.35. The molecule has 2 rings (SSSR count). The summed E-state index contributed by atoms with van der Waals surface area (Å²) in [6, 6.07) is 13.5. The minimum Gasteiger partial charge on any atom is -0.494 e. The lowest BCUT2D eigenvalue weighted by Crippen LogP contribution is -1.96. The van der Waals surface area contributed by atoms with Gasteiger partial charge in [0.05, 0.1) is 19.9 Å². The van der Waals surface area contributed by atoms with Crippen molar-refractivity contribution in [2.45, 2.75) is 0 Å². The molecular weight excluding hydrogens is 240 g/mol. The number of rotatable bonds is 5. The molecule has 0 atom stereocenters. The summed E-state index contributed by atoms with van der Waals surface area (Å²) in [7, 11) is 3.22. The van der Waals surface area contributed by atoms with Crippen LogP contribution in [0, 0.1) is 0 Å². The van der Waals surface area contributed by atoms with Gasteiger partial charge in [0.2, 0.25) is 0 Å². The number of hydrogen-bond donors (Lipinski definition) is 1. The Morgan fingerprint density at radius 1 is 1.00 bits per heavy atom. The van der Waals surface area contributed by atoms with Crippen LogP contribution in [-0.4, -0.2) is 20.9 Å². The van der Waals surface area contributed by atoms with E-state index in [1.54, 1.807) is 20.3 Å². The molecule has 0 heterocycles. The van der Waals surface area contributed by atoms with E-state index in [-0.39, 0.29) is 0 Å². The van der Waals surface area contributed by atoms with Crippen LogP contribution in [0.5, 0.6) is 11.5 Å². The molecule has 0 bridgehead atoms. The topological polar surface area (TPSA) is 42.8 Å². The van der Waals surface area contributed by atoms with Crippen molar-refractivity contribution in [2.24, 2.45) is 4.99 Å². The van der Waals surface area contributed by atoms with Crippen LogP contribution in [0.3, 0.4) is 0 Å². The molecule has 19 heavy (non-hydrogen) atoms. The third kappa shape index (κ3) is 2.85. The highest BCUT2D eigenvalue weighted by atomic mass is 16.5. The van der Waals surface area contributed by atoms with Gasteiger partial charge in [0.15, 0.2) is 0 Å². The normalized spacial score (nSPS) is 9.79. The van der Waals surface area contributed by atoms with E-state index in [0.717, 1.165) is 11.4 Å². The Kier molecular flexibility index (Phi) is 4.03. The lowest BCUT2D eigenvalue weighted by Gasteiger charge is -2.14. The summed E-state index contributed by atoms with van der Waals surface area (Å²) in [4.78, 5) is 3.92. The Hall–Kier alpha value is -2.49. The van der Waals surface area contributed by atoms with Crippen LogP contribution in [0.2, 0.25) is 0 Å². The number of hydrogen-bond acceptors (Lipinski definition) is 4. The van der Waals surface area contributed by atoms with Crippen molar-refractivity contribution in [1.82, 2.24) is 0 Å². The van der Waals surface area contributed by atoms with E-state index in [9.17, 15) is 0 Å². The summed E-state index contributed by atoms with van der Waals surface area (Å²) >= 11 is 0. The van der Waals surface area contributed by atoms with Crippen molar-refractivity contribution in [2.75, 3.05) is 19.5 Å². The Morgan fingerprint density at radius 3 is 2.26 bits per heavy atom. The van der Waals surface area contributed by atoms with Crippen LogP contribution in [0.1, 0.15) is 0 Å². The smallest absolute Gasteiger partial charge is 0.146 e. The average molecular weight is 256 g/mol. The van der Waals surface area contributed by atoms with Crippen LogP contribution in [-0.2, 0) is 0 Å². The van der Waals surface area contributed by atoms with E-state index >= 15 is 0 Å². The van der Waals surface area contributed by atoms with E-state index in [1.807, 2.05) is 36.4 Å². The van der Waals surface area contributed by atoms with Gasteiger partial charge in [-0.3, -0.25) is 4.99 Å². The summed E-state index contributed by atoms with van der Waals surface area (Å²) < 4.78 is 10.6. The third-order valence-corrected chi connectivity index (χ3v) is 2.72. The standard InChI is InChI=1S/C15H16N2O2/c1-16-12-9-15(19-3)13(10-14(12)18-2)17-11-7-5-4-6-8-11/h4-10,17H,1H2,2-3H3. The number of methoxy groups -OCH3 is 2. The third-order valence-electron chi connectivity index (χ3n) is 2.72. The first-order valence-corrected chi connectivity index (χ1v) is 5.83. The van der Waals surface area contributed by atoms with E-state index in [4.69, 9.17) is 9.47 Å². The SMILES string of the molecule is C=Nc1cc(OC)c(Nc2ccccc2)cc1OC. The largest absolute Gasteiger partial charge is 0.494 e. The number of ether oxygens (including phenoxy) is 2. The molecule has 0 fully saturated rings.